The second-order valence-electron chi connectivity index (χ2n) is 7.79. The van der Waals surface area contributed by atoms with Gasteiger partial charge in [-0.2, -0.15) is 0 Å². The second-order valence-corrected chi connectivity index (χ2v) is 7.79. The summed E-state index contributed by atoms with van der Waals surface area (Å²) in [5.41, 5.74) is 0.172. The maximum absolute atomic E-state index is 12.7. The third-order valence-corrected chi connectivity index (χ3v) is 5.19. The topological polar surface area (TPSA) is 91.4 Å². The number of likely N-dealkylation sites (tertiary alicyclic amines) is 1. The van der Waals surface area contributed by atoms with E-state index in [-0.39, 0.29) is 31.2 Å². The summed E-state index contributed by atoms with van der Waals surface area (Å²) in [4.78, 5) is 37.6. The predicted octanol–water partition coefficient (Wildman–Crippen LogP) is 3.24. The molecule has 0 N–H and O–H groups in total. The molecule has 0 radical (unpaired) electrons. The number of carbonyl (C=O) groups excluding carboxylic acids is 3. The predicted molar refractivity (Wildman–Crippen MR) is 102 cm³/mol. The molecule has 0 bridgehead atoms. The molecule has 0 spiro atoms. The van der Waals surface area contributed by atoms with Gasteiger partial charge in [0.05, 0.1) is 5.92 Å². The molecule has 29 heavy (non-hydrogen) atoms. The van der Waals surface area contributed by atoms with Crippen LogP contribution in [-0.2, 0) is 29.3 Å². The van der Waals surface area contributed by atoms with Crippen LogP contribution in [0.2, 0.25) is 0 Å². The summed E-state index contributed by atoms with van der Waals surface area (Å²) in [6.45, 7) is 4.74. The van der Waals surface area contributed by atoms with Crippen LogP contribution in [-0.4, -0.2) is 55.5 Å². The molecule has 2 heterocycles. The molecule has 0 aromatic heterocycles. The van der Waals surface area contributed by atoms with Crippen molar-refractivity contribution in [3.63, 3.8) is 0 Å². The SMILES string of the molecule is CC(C)(OC(=O)N1CCCC(C(=O)OCC2COC(=O)O2)CC1)c1ccccc1. The lowest BCUT2D eigenvalue weighted by Crippen LogP contribution is -2.37. The average Bonchev–Trinajstić information content (AvgIpc) is 2.96. The Labute approximate surface area is 170 Å². The average molecular weight is 405 g/mol. The molecular weight excluding hydrogens is 378 g/mol. The first-order chi connectivity index (χ1) is 13.8. The van der Waals surface area contributed by atoms with Crippen LogP contribution in [0.3, 0.4) is 0 Å². The molecule has 2 unspecified atom stereocenters. The van der Waals surface area contributed by atoms with E-state index in [0.717, 1.165) is 5.56 Å². The second kappa shape index (κ2) is 9.15. The fourth-order valence-electron chi connectivity index (χ4n) is 3.44. The van der Waals surface area contributed by atoms with Gasteiger partial charge in [-0.3, -0.25) is 4.79 Å². The lowest BCUT2D eigenvalue weighted by molar-refractivity contribution is -0.151. The Bertz CT molecular complexity index is 734. The van der Waals surface area contributed by atoms with E-state index in [1.807, 2.05) is 44.2 Å². The van der Waals surface area contributed by atoms with Gasteiger partial charge in [0, 0.05) is 13.1 Å². The van der Waals surface area contributed by atoms with E-state index in [0.29, 0.717) is 32.4 Å². The standard InChI is InChI=1S/C21H27NO7/c1-21(2,16-8-4-3-5-9-16)29-19(24)22-11-6-7-15(10-12-22)18(23)26-13-17-14-27-20(25)28-17/h3-5,8-9,15,17H,6-7,10-14H2,1-2H3. The number of carbonyl (C=O) groups is 3. The number of hydrogen-bond donors (Lipinski definition) is 0. The van der Waals surface area contributed by atoms with E-state index in [4.69, 9.17) is 14.2 Å². The molecule has 0 aliphatic carbocycles. The summed E-state index contributed by atoms with van der Waals surface area (Å²) >= 11 is 0. The highest BCUT2D eigenvalue weighted by molar-refractivity contribution is 5.73. The number of hydrogen-bond acceptors (Lipinski definition) is 7. The van der Waals surface area contributed by atoms with Crippen LogP contribution in [0.5, 0.6) is 0 Å². The van der Waals surface area contributed by atoms with E-state index in [1.54, 1.807) is 4.90 Å². The number of rotatable bonds is 5. The highest BCUT2D eigenvalue weighted by Gasteiger charge is 2.32. The molecule has 158 valence electrons. The largest absolute Gasteiger partial charge is 0.508 e. The normalized spacial score (nSPS) is 22.3. The first-order valence-corrected chi connectivity index (χ1v) is 9.88. The van der Waals surface area contributed by atoms with Gasteiger partial charge in [0.25, 0.3) is 0 Å². The van der Waals surface area contributed by atoms with Crippen molar-refractivity contribution in [3.05, 3.63) is 35.9 Å². The molecule has 2 aliphatic heterocycles. The Kier molecular flexibility index (Phi) is 6.61. The first kappa shape index (κ1) is 21.0. The van der Waals surface area contributed by atoms with Crippen LogP contribution in [0, 0.1) is 5.92 Å². The van der Waals surface area contributed by atoms with Crippen molar-refractivity contribution in [3.8, 4) is 0 Å². The van der Waals surface area contributed by atoms with Crippen molar-refractivity contribution in [2.45, 2.75) is 44.8 Å². The molecule has 1 aromatic rings. The van der Waals surface area contributed by atoms with E-state index in [1.165, 1.54) is 0 Å². The van der Waals surface area contributed by atoms with Gasteiger partial charge in [0.1, 0.15) is 18.8 Å². The van der Waals surface area contributed by atoms with Crippen molar-refractivity contribution in [1.82, 2.24) is 4.90 Å². The monoisotopic (exact) mass is 405 g/mol. The third-order valence-electron chi connectivity index (χ3n) is 5.19. The molecule has 3 rings (SSSR count). The summed E-state index contributed by atoms with van der Waals surface area (Å²) in [6.07, 6.45) is 0.133. The molecule has 1 amide bonds. The van der Waals surface area contributed by atoms with E-state index in [9.17, 15) is 14.4 Å². The van der Waals surface area contributed by atoms with Crippen LogP contribution in [0.15, 0.2) is 30.3 Å². The van der Waals surface area contributed by atoms with Gasteiger partial charge in [0.2, 0.25) is 0 Å². The van der Waals surface area contributed by atoms with Gasteiger partial charge in [-0.1, -0.05) is 30.3 Å². The molecule has 8 nitrogen and oxygen atoms in total. The van der Waals surface area contributed by atoms with Crippen LogP contribution in [0.4, 0.5) is 9.59 Å². The number of ether oxygens (including phenoxy) is 4. The van der Waals surface area contributed by atoms with Crippen molar-refractivity contribution in [1.29, 1.82) is 0 Å². The molecule has 2 aliphatic rings. The summed E-state index contributed by atoms with van der Waals surface area (Å²) in [6, 6.07) is 9.58. The fourth-order valence-corrected chi connectivity index (χ4v) is 3.44. The molecule has 1 aromatic carbocycles. The Morgan fingerprint density at radius 1 is 1.17 bits per heavy atom. The summed E-state index contributed by atoms with van der Waals surface area (Å²) < 4.78 is 20.5. The zero-order valence-corrected chi connectivity index (χ0v) is 16.8. The Balaban J connectivity index is 1.48. The number of benzene rings is 1. The minimum Gasteiger partial charge on any atom is -0.461 e. The van der Waals surface area contributed by atoms with Gasteiger partial charge in [-0.25, -0.2) is 9.59 Å². The first-order valence-electron chi connectivity index (χ1n) is 9.88. The highest BCUT2D eigenvalue weighted by Crippen LogP contribution is 2.27. The van der Waals surface area contributed by atoms with Crippen LogP contribution < -0.4 is 0 Å². The molecule has 2 fully saturated rings. The molecule has 2 saturated heterocycles. The van der Waals surface area contributed by atoms with Crippen LogP contribution in [0.1, 0.15) is 38.7 Å². The van der Waals surface area contributed by atoms with Gasteiger partial charge >= 0.3 is 18.2 Å². The van der Waals surface area contributed by atoms with E-state index in [2.05, 4.69) is 4.74 Å². The maximum atomic E-state index is 12.7. The van der Waals surface area contributed by atoms with Gasteiger partial charge < -0.3 is 23.8 Å². The zero-order chi connectivity index (χ0) is 20.9. The van der Waals surface area contributed by atoms with Gasteiger partial charge in [-0.15, -0.1) is 0 Å². The Morgan fingerprint density at radius 3 is 2.62 bits per heavy atom. The number of nitrogens with zero attached hydrogens (tertiary/aromatic N) is 1. The molecule has 0 saturated carbocycles. The molecule has 8 heteroatoms. The third kappa shape index (κ3) is 5.62. The minimum absolute atomic E-state index is 0.0158. The molecular formula is C21H27NO7. The quantitative estimate of drug-likeness (QED) is 0.548. The smallest absolute Gasteiger partial charge is 0.461 e. The van der Waals surface area contributed by atoms with Crippen molar-refractivity contribution in [2.24, 2.45) is 5.92 Å². The van der Waals surface area contributed by atoms with Crippen molar-refractivity contribution >= 4 is 18.2 Å². The summed E-state index contributed by atoms with van der Waals surface area (Å²) in [5.74, 6) is -0.638. The number of esters is 1. The maximum Gasteiger partial charge on any atom is 0.508 e. The van der Waals surface area contributed by atoms with Gasteiger partial charge in [-0.05, 0) is 38.7 Å². The Morgan fingerprint density at radius 2 is 1.93 bits per heavy atom. The van der Waals surface area contributed by atoms with Crippen LogP contribution in [0.25, 0.3) is 0 Å². The zero-order valence-electron chi connectivity index (χ0n) is 16.8. The summed E-state index contributed by atoms with van der Waals surface area (Å²) in [7, 11) is 0. The fraction of sp³-hybridized carbons (Fsp3) is 0.571. The van der Waals surface area contributed by atoms with E-state index >= 15 is 0 Å². The summed E-state index contributed by atoms with van der Waals surface area (Å²) in [5, 5.41) is 0. The lowest BCUT2D eigenvalue weighted by Gasteiger charge is -2.29. The van der Waals surface area contributed by atoms with Crippen molar-refractivity contribution < 1.29 is 33.3 Å². The minimum atomic E-state index is -0.746. The number of amides is 1. The van der Waals surface area contributed by atoms with E-state index < -0.39 is 17.9 Å². The highest BCUT2D eigenvalue weighted by atomic mass is 16.8. The Hall–Kier alpha value is -2.77. The van der Waals surface area contributed by atoms with Crippen molar-refractivity contribution in [2.75, 3.05) is 26.3 Å². The van der Waals surface area contributed by atoms with Gasteiger partial charge in [0.15, 0.2) is 6.10 Å². The number of cyclic esters (lactones) is 2. The lowest BCUT2D eigenvalue weighted by atomic mass is 9.98. The van der Waals surface area contributed by atoms with Crippen LogP contribution >= 0.6 is 0 Å². The molecule has 2 atom stereocenters.